The van der Waals surface area contributed by atoms with Gasteiger partial charge >= 0.3 is 0 Å². The molecular formula is C70H46N6P2+2. The number of benzene rings is 11. The molecule has 6 nitrogen and oxygen atoms in total. The number of nitrogens with zero attached hydrogens (tertiary/aromatic N) is 6. The Morgan fingerprint density at radius 3 is 0.974 bits per heavy atom. The average molecular weight is 1030 g/mol. The van der Waals surface area contributed by atoms with Crippen molar-refractivity contribution in [1.82, 2.24) is 19.9 Å². The smallest absolute Gasteiger partial charge is 0.210 e. The van der Waals surface area contributed by atoms with E-state index < -0.39 is 15.4 Å². The predicted molar refractivity (Wildman–Crippen MR) is 326 cm³/mol. The molecule has 364 valence electrons. The fourth-order valence-corrected chi connectivity index (χ4v) is 16.2. The normalized spacial score (nSPS) is 13.4. The van der Waals surface area contributed by atoms with Crippen molar-refractivity contribution in [1.29, 1.82) is 0 Å². The highest BCUT2D eigenvalue weighted by Crippen LogP contribution is 2.57. The maximum atomic E-state index is 5.62. The minimum Gasteiger partial charge on any atom is -0.210 e. The van der Waals surface area contributed by atoms with E-state index in [4.69, 9.17) is 19.9 Å². The highest BCUT2D eigenvalue weighted by Gasteiger charge is 2.43. The highest BCUT2D eigenvalue weighted by atomic mass is 31.1. The lowest BCUT2D eigenvalue weighted by atomic mass is 9.97. The number of aromatic nitrogens is 4. The van der Waals surface area contributed by atoms with Crippen LogP contribution < -0.4 is 19.9 Å². The van der Waals surface area contributed by atoms with Crippen LogP contribution in [0.3, 0.4) is 0 Å². The third kappa shape index (κ3) is 7.81. The van der Waals surface area contributed by atoms with Crippen LogP contribution in [0.1, 0.15) is 0 Å². The third-order valence-electron chi connectivity index (χ3n) is 14.9. The standard InChI is InChI=1S/C70H46N6P2/c1-5-21-47(22-6-1)49-37-41-53(42-38-49)77-65-45-60-56-30-16-20-36-64(56)76(70-72-62-34-18-14-32-58(62)68(74-70)52-27-11-4-12-28-52)78(54-43-39-50(40-44-54)48-23-7-2-8-24-48)66(60)46-59(65)55-29-15-19-35-63(55)75(77)69-71-61-33-17-13-31-57(61)67(73-69)51-25-9-3-10-26-51/h1-46H/q+2. The van der Waals surface area contributed by atoms with E-state index in [0.29, 0.717) is 11.9 Å². The van der Waals surface area contributed by atoms with Crippen molar-refractivity contribution in [2.45, 2.75) is 0 Å². The second kappa shape index (κ2) is 19.1. The van der Waals surface area contributed by atoms with E-state index in [1.165, 1.54) is 53.9 Å². The molecule has 0 saturated heterocycles. The molecule has 0 spiro atoms. The summed E-state index contributed by atoms with van der Waals surface area (Å²) in [5, 5.41) is 4.42. The van der Waals surface area contributed by atoms with E-state index >= 15 is 0 Å². The summed E-state index contributed by atoms with van der Waals surface area (Å²) in [6.45, 7) is 0. The monoisotopic (exact) mass is 1030 g/mol. The van der Waals surface area contributed by atoms with Gasteiger partial charge in [0.15, 0.2) is 20.5 Å². The van der Waals surface area contributed by atoms with Gasteiger partial charge in [-0.15, -0.1) is 9.34 Å². The minimum atomic E-state index is -1.36. The first-order chi connectivity index (χ1) is 38.7. The van der Waals surface area contributed by atoms with E-state index in [2.05, 4.69) is 288 Å². The van der Waals surface area contributed by atoms with Gasteiger partial charge in [-0.2, -0.15) is 0 Å². The molecule has 2 atom stereocenters. The Balaban J connectivity index is 1.06. The molecule has 0 aliphatic carbocycles. The Morgan fingerprint density at radius 1 is 0.256 bits per heavy atom. The van der Waals surface area contributed by atoms with Crippen LogP contribution in [0.4, 0.5) is 23.3 Å². The van der Waals surface area contributed by atoms with Gasteiger partial charge in [0.1, 0.15) is 0 Å². The Kier molecular flexibility index (Phi) is 11.2. The molecular weight excluding hydrogens is 987 g/mol. The average Bonchev–Trinajstić information content (AvgIpc) is 3.52. The van der Waals surface area contributed by atoms with Crippen LogP contribution in [0.2, 0.25) is 0 Å². The number of fused-ring (bicyclic) bond motifs is 8. The summed E-state index contributed by atoms with van der Waals surface area (Å²) in [5.74, 6) is 1.33. The molecule has 2 unspecified atom stereocenters. The number of para-hydroxylation sites is 4. The van der Waals surface area contributed by atoms with Crippen molar-refractivity contribution in [2.24, 2.45) is 0 Å². The number of hydrogen-bond donors (Lipinski definition) is 0. The SMILES string of the molecule is c1ccc(-c2ccc([P+]3=c4cc5c(cc4-c4ccccc4N3c3nc(-c4ccccc4)c4ccccc4n3)=[P+](c3ccc(-c4ccccc4)cc3)N(c3nc(-c4ccccc4)c4ccccc4n3)c3ccccc3-5)cc2)cc1. The van der Waals surface area contributed by atoms with Crippen molar-refractivity contribution in [3.8, 4) is 67.0 Å². The molecule has 0 amide bonds. The van der Waals surface area contributed by atoms with Crippen molar-refractivity contribution in [2.75, 3.05) is 9.34 Å². The molecule has 11 aromatic carbocycles. The van der Waals surface area contributed by atoms with Gasteiger partial charge in [0.25, 0.3) is 27.3 Å². The number of rotatable bonds is 8. The molecule has 0 fully saturated rings. The van der Waals surface area contributed by atoms with Crippen LogP contribution in [0, 0.1) is 9.88 Å². The molecule has 0 N–H and O–H groups in total. The van der Waals surface area contributed by atoms with Crippen LogP contribution in [0.15, 0.2) is 279 Å². The molecule has 0 radical (unpaired) electrons. The molecule has 4 heterocycles. The minimum absolute atomic E-state index is 0.664. The summed E-state index contributed by atoms with van der Waals surface area (Å²) in [7, 11) is -2.72. The highest BCUT2D eigenvalue weighted by molar-refractivity contribution is 7.61. The van der Waals surface area contributed by atoms with Crippen LogP contribution in [-0.2, 0) is 0 Å². The van der Waals surface area contributed by atoms with Gasteiger partial charge in [0.05, 0.1) is 33.8 Å². The molecule has 2 aliphatic rings. The Hall–Kier alpha value is -9.70. The molecule has 8 heteroatoms. The lowest BCUT2D eigenvalue weighted by Gasteiger charge is -2.26. The Labute approximate surface area is 453 Å². The zero-order valence-electron chi connectivity index (χ0n) is 42.1. The zero-order valence-corrected chi connectivity index (χ0v) is 43.9. The Morgan fingerprint density at radius 2 is 0.577 bits per heavy atom. The van der Waals surface area contributed by atoms with Gasteiger partial charge in [-0.1, -0.05) is 194 Å². The van der Waals surface area contributed by atoms with Crippen molar-refractivity contribution < 1.29 is 0 Å². The second-order valence-corrected chi connectivity index (χ2v) is 23.5. The summed E-state index contributed by atoms with van der Waals surface area (Å²) >= 11 is 0. The van der Waals surface area contributed by atoms with Crippen LogP contribution >= 0.6 is 15.4 Å². The van der Waals surface area contributed by atoms with Crippen LogP contribution in [-0.4, -0.2) is 19.9 Å². The number of anilines is 4. The summed E-state index contributed by atoms with van der Waals surface area (Å²) in [4.78, 5) is 24.7. The predicted octanol–water partition coefficient (Wildman–Crippen LogP) is 17.8. The largest absolute Gasteiger partial charge is 0.270 e. The molecule has 78 heavy (non-hydrogen) atoms. The van der Waals surface area contributed by atoms with E-state index in [1.807, 2.05) is 0 Å². The zero-order chi connectivity index (χ0) is 51.5. The van der Waals surface area contributed by atoms with Gasteiger partial charge in [-0.05, 0) is 95.1 Å². The molecule has 13 aromatic rings. The fourth-order valence-electron chi connectivity index (χ4n) is 11.3. The quantitative estimate of drug-likeness (QED) is 0.141. The van der Waals surface area contributed by atoms with Crippen LogP contribution in [0.5, 0.6) is 0 Å². The van der Waals surface area contributed by atoms with E-state index in [0.717, 1.165) is 66.8 Å². The van der Waals surface area contributed by atoms with Gasteiger partial charge in [0.2, 0.25) is 0 Å². The second-order valence-electron chi connectivity index (χ2n) is 19.5. The lowest BCUT2D eigenvalue weighted by Crippen LogP contribution is -2.22. The van der Waals surface area contributed by atoms with Crippen molar-refractivity contribution in [3.05, 3.63) is 289 Å². The van der Waals surface area contributed by atoms with Gasteiger partial charge in [-0.3, -0.25) is 0 Å². The molecule has 0 saturated carbocycles. The molecule has 15 rings (SSSR count). The third-order valence-corrected chi connectivity index (χ3v) is 19.7. The first kappa shape index (κ1) is 45.7. The van der Waals surface area contributed by atoms with E-state index in [-0.39, 0.29) is 0 Å². The maximum Gasteiger partial charge on any atom is 0.270 e. The molecule has 2 aliphatic heterocycles. The van der Waals surface area contributed by atoms with E-state index in [1.54, 1.807) is 0 Å². The van der Waals surface area contributed by atoms with Crippen molar-refractivity contribution in [3.63, 3.8) is 0 Å². The summed E-state index contributed by atoms with van der Waals surface area (Å²) < 4.78 is 4.91. The molecule has 2 aromatic heterocycles. The van der Waals surface area contributed by atoms with Gasteiger partial charge in [-0.25, -0.2) is 19.9 Å². The van der Waals surface area contributed by atoms with Crippen molar-refractivity contribution >= 4 is 71.1 Å². The van der Waals surface area contributed by atoms with Crippen LogP contribution in [0.25, 0.3) is 88.8 Å². The fraction of sp³-hybridized carbons (Fsp3) is 0. The molecule has 0 bridgehead atoms. The van der Waals surface area contributed by atoms with Gasteiger partial charge < -0.3 is 0 Å². The number of hydrogen-bond acceptors (Lipinski definition) is 6. The maximum absolute atomic E-state index is 5.62. The first-order valence-electron chi connectivity index (χ1n) is 26.2. The van der Waals surface area contributed by atoms with Gasteiger partial charge in [0, 0.05) is 56.3 Å². The lowest BCUT2D eigenvalue weighted by molar-refractivity contribution is 1.16. The summed E-state index contributed by atoms with van der Waals surface area (Å²) in [5.41, 5.74) is 17.2. The van der Waals surface area contributed by atoms with E-state index in [9.17, 15) is 0 Å². The summed E-state index contributed by atoms with van der Waals surface area (Å²) in [6, 6.07) is 100. The first-order valence-corrected chi connectivity index (χ1v) is 28.8. The summed E-state index contributed by atoms with van der Waals surface area (Å²) in [6.07, 6.45) is 0. The Bertz CT molecular complexity index is 4300. The topological polar surface area (TPSA) is 58.0 Å².